The quantitative estimate of drug-likeness (QED) is 0.587. The van der Waals surface area contributed by atoms with E-state index >= 15 is 0 Å². The number of halogens is 1. The highest BCUT2D eigenvalue weighted by molar-refractivity contribution is 9.10. The molecule has 0 spiro atoms. The van der Waals surface area contributed by atoms with E-state index in [9.17, 15) is 4.79 Å². The Morgan fingerprint density at radius 3 is 2.80 bits per heavy atom. The summed E-state index contributed by atoms with van der Waals surface area (Å²) in [5.74, 6) is -0.603. The van der Waals surface area contributed by atoms with Crippen LogP contribution in [0.1, 0.15) is 29.5 Å². The summed E-state index contributed by atoms with van der Waals surface area (Å²) in [5.41, 5.74) is 14.3. The van der Waals surface area contributed by atoms with Crippen LogP contribution in [-0.4, -0.2) is 26.9 Å². The van der Waals surface area contributed by atoms with Crippen LogP contribution in [0.4, 0.5) is 0 Å². The topological polar surface area (TPSA) is 111 Å². The molecule has 0 aliphatic carbocycles. The Labute approximate surface area is 161 Å². The van der Waals surface area contributed by atoms with Gasteiger partial charge in [0.2, 0.25) is 0 Å². The molecule has 0 radical (unpaired) electrons. The number of H-pyrrole nitrogens is 1. The van der Waals surface area contributed by atoms with E-state index < -0.39 is 5.91 Å². The number of carbonyl (C=O) groups excluding carboxylic acids is 1. The summed E-state index contributed by atoms with van der Waals surface area (Å²) in [4.78, 5) is 23.8. The monoisotopic (exact) mass is 421 g/mol. The fraction of sp³-hybridized carbons (Fsp3) is 0.235. The first-order chi connectivity index (χ1) is 11.5. The molecule has 1 atom stereocenters. The van der Waals surface area contributed by atoms with Gasteiger partial charge in [0.25, 0.3) is 5.91 Å². The molecule has 5 N–H and O–H groups in total. The maximum Gasteiger partial charge on any atom is 0.269 e. The van der Waals surface area contributed by atoms with Crippen molar-refractivity contribution in [1.82, 2.24) is 15.0 Å². The number of amides is 1. The van der Waals surface area contributed by atoms with Crippen LogP contribution in [-0.2, 0) is 6.42 Å². The number of hydrogen-bond acceptors (Lipinski definition) is 4. The Kier molecular flexibility index (Phi) is 6.21. The molecule has 0 saturated heterocycles. The largest absolute Gasteiger partial charge is 0.364 e. The van der Waals surface area contributed by atoms with Gasteiger partial charge in [0.15, 0.2) is 5.69 Å². The SMILES string of the molecule is C[C@H](N)CCc1cnc(C(N)=O)c(-c2cc3c(Br)cccc3[nH]2)n1.S. The van der Waals surface area contributed by atoms with Gasteiger partial charge in [0.1, 0.15) is 5.69 Å². The zero-order valence-corrected chi connectivity index (χ0v) is 16.3. The normalized spacial score (nSPS) is 12.0. The lowest BCUT2D eigenvalue weighted by molar-refractivity contribution is 0.0996. The average molecular weight is 422 g/mol. The lowest BCUT2D eigenvalue weighted by Gasteiger charge is -2.08. The first-order valence-electron chi connectivity index (χ1n) is 7.64. The molecule has 2 heterocycles. The molecule has 0 aliphatic rings. The van der Waals surface area contributed by atoms with E-state index in [2.05, 4.69) is 30.9 Å². The summed E-state index contributed by atoms with van der Waals surface area (Å²) in [6.45, 7) is 1.95. The number of aromatic amines is 1. The van der Waals surface area contributed by atoms with Gasteiger partial charge in [0.05, 0.1) is 11.4 Å². The second-order valence-corrected chi connectivity index (χ2v) is 6.68. The summed E-state index contributed by atoms with van der Waals surface area (Å²) in [6.07, 6.45) is 3.08. The zero-order valence-electron chi connectivity index (χ0n) is 13.7. The first kappa shape index (κ1) is 19.4. The van der Waals surface area contributed by atoms with Gasteiger partial charge in [-0.05, 0) is 38.0 Å². The molecule has 25 heavy (non-hydrogen) atoms. The summed E-state index contributed by atoms with van der Waals surface area (Å²) in [7, 11) is 0. The van der Waals surface area contributed by atoms with Crippen LogP contribution in [0, 0.1) is 0 Å². The summed E-state index contributed by atoms with van der Waals surface area (Å²) in [6, 6.07) is 7.87. The number of aromatic nitrogens is 3. The Hall–Kier alpha value is -1.90. The molecule has 1 aromatic carbocycles. The number of benzene rings is 1. The highest BCUT2D eigenvalue weighted by Crippen LogP contribution is 2.29. The number of nitrogens with zero attached hydrogens (tertiary/aromatic N) is 2. The van der Waals surface area contributed by atoms with Crippen molar-refractivity contribution in [2.24, 2.45) is 11.5 Å². The molecule has 6 nitrogen and oxygen atoms in total. The van der Waals surface area contributed by atoms with Gasteiger partial charge in [-0.25, -0.2) is 9.97 Å². The van der Waals surface area contributed by atoms with Crippen molar-refractivity contribution in [3.8, 4) is 11.4 Å². The van der Waals surface area contributed by atoms with E-state index in [1.807, 2.05) is 31.2 Å². The molecular formula is C17H20BrN5OS. The molecule has 0 aliphatic heterocycles. The molecule has 3 rings (SSSR count). The molecule has 132 valence electrons. The molecule has 3 aromatic rings. The second kappa shape index (κ2) is 7.99. The number of primary amides is 1. The van der Waals surface area contributed by atoms with Crippen LogP contribution in [0.2, 0.25) is 0 Å². The molecule has 2 aromatic heterocycles. The highest BCUT2D eigenvalue weighted by Gasteiger charge is 2.17. The Bertz CT molecular complexity index is 909. The van der Waals surface area contributed by atoms with Gasteiger partial charge in [-0.2, -0.15) is 13.5 Å². The minimum Gasteiger partial charge on any atom is -0.364 e. The maximum atomic E-state index is 11.7. The number of carbonyl (C=O) groups is 1. The number of fused-ring (bicyclic) bond motifs is 1. The number of aryl methyl sites for hydroxylation is 1. The van der Waals surface area contributed by atoms with Crippen molar-refractivity contribution in [2.45, 2.75) is 25.8 Å². The third kappa shape index (κ3) is 4.20. The summed E-state index contributed by atoms with van der Waals surface area (Å²) < 4.78 is 0.962. The van der Waals surface area contributed by atoms with E-state index in [-0.39, 0.29) is 25.2 Å². The van der Waals surface area contributed by atoms with Crippen LogP contribution >= 0.6 is 29.4 Å². The Balaban J connectivity index is 0.00000225. The maximum absolute atomic E-state index is 11.7. The van der Waals surface area contributed by atoms with Gasteiger partial charge in [0, 0.05) is 27.6 Å². The van der Waals surface area contributed by atoms with Crippen molar-refractivity contribution < 1.29 is 4.79 Å². The average Bonchev–Trinajstić information content (AvgIpc) is 2.98. The smallest absolute Gasteiger partial charge is 0.269 e. The minimum atomic E-state index is -0.603. The predicted molar refractivity (Wildman–Crippen MR) is 108 cm³/mol. The van der Waals surface area contributed by atoms with E-state index in [1.165, 1.54) is 0 Å². The number of rotatable bonds is 5. The van der Waals surface area contributed by atoms with Crippen molar-refractivity contribution in [3.63, 3.8) is 0 Å². The van der Waals surface area contributed by atoms with Crippen molar-refractivity contribution >= 4 is 46.2 Å². The molecular weight excluding hydrogens is 402 g/mol. The molecule has 0 unspecified atom stereocenters. The standard InChI is InChI=1S/C17H18BrN5O.H2S/c1-9(19)5-6-10-8-21-16(17(20)24)15(22-10)14-7-11-12(18)3-2-4-13(11)23-14;/h2-4,7-9,23H,5-6,19H2,1H3,(H2,20,24);1H2/t9-;/m0./s1. The lowest BCUT2D eigenvalue weighted by Crippen LogP contribution is -2.18. The van der Waals surface area contributed by atoms with E-state index in [1.54, 1.807) is 6.20 Å². The fourth-order valence-electron chi connectivity index (χ4n) is 2.54. The van der Waals surface area contributed by atoms with Gasteiger partial charge in [-0.1, -0.05) is 22.0 Å². The van der Waals surface area contributed by atoms with E-state index in [4.69, 9.17) is 11.5 Å². The second-order valence-electron chi connectivity index (χ2n) is 5.82. The summed E-state index contributed by atoms with van der Waals surface area (Å²) in [5, 5.41) is 1.01. The Morgan fingerprint density at radius 1 is 1.40 bits per heavy atom. The molecule has 0 bridgehead atoms. The highest BCUT2D eigenvalue weighted by atomic mass is 79.9. The molecule has 1 amide bonds. The van der Waals surface area contributed by atoms with Crippen LogP contribution in [0.15, 0.2) is 34.9 Å². The van der Waals surface area contributed by atoms with Gasteiger partial charge in [-0.3, -0.25) is 4.79 Å². The van der Waals surface area contributed by atoms with Crippen molar-refractivity contribution in [2.75, 3.05) is 0 Å². The minimum absolute atomic E-state index is 0. The van der Waals surface area contributed by atoms with Crippen LogP contribution in [0.5, 0.6) is 0 Å². The van der Waals surface area contributed by atoms with Crippen LogP contribution in [0.25, 0.3) is 22.3 Å². The first-order valence-corrected chi connectivity index (χ1v) is 8.44. The van der Waals surface area contributed by atoms with Crippen molar-refractivity contribution in [3.05, 3.63) is 46.3 Å². The van der Waals surface area contributed by atoms with E-state index in [0.717, 1.165) is 27.5 Å². The van der Waals surface area contributed by atoms with Crippen LogP contribution < -0.4 is 11.5 Å². The van der Waals surface area contributed by atoms with Crippen LogP contribution in [0.3, 0.4) is 0 Å². The lowest BCUT2D eigenvalue weighted by atomic mass is 10.1. The zero-order chi connectivity index (χ0) is 17.3. The van der Waals surface area contributed by atoms with Gasteiger partial charge >= 0.3 is 0 Å². The third-order valence-electron chi connectivity index (χ3n) is 3.78. The molecule has 0 saturated carbocycles. The predicted octanol–water partition coefficient (Wildman–Crippen LogP) is 2.88. The summed E-state index contributed by atoms with van der Waals surface area (Å²) >= 11 is 3.52. The van der Waals surface area contributed by atoms with Gasteiger partial charge in [-0.15, -0.1) is 0 Å². The fourth-order valence-corrected chi connectivity index (χ4v) is 3.02. The number of nitrogens with one attached hydrogen (secondary N) is 1. The molecule has 0 fully saturated rings. The van der Waals surface area contributed by atoms with Crippen molar-refractivity contribution in [1.29, 1.82) is 0 Å². The Morgan fingerprint density at radius 2 is 2.16 bits per heavy atom. The van der Waals surface area contributed by atoms with Gasteiger partial charge < -0.3 is 16.5 Å². The number of nitrogens with two attached hydrogens (primary N) is 2. The molecule has 8 heteroatoms. The van der Waals surface area contributed by atoms with E-state index in [0.29, 0.717) is 17.8 Å². The number of hydrogen-bond donors (Lipinski definition) is 3. The third-order valence-corrected chi connectivity index (χ3v) is 4.47.